The molecule has 0 N–H and O–H groups in total. The van der Waals surface area contributed by atoms with Crippen LogP contribution in [0.15, 0.2) is 36.4 Å². The van der Waals surface area contributed by atoms with Crippen LogP contribution in [0.1, 0.15) is 11.3 Å². The van der Waals surface area contributed by atoms with E-state index in [2.05, 4.69) is 24.0 Å². The highest BCUT2D eigenvalue weighted by atomic mass is 35.5. The fourth-order valence-corrected chi connectivity index (χ4v) is 1.85. The molecule has 0 unspecified atom stereocenters. The van der Waals surface area contributed by atoms with Gasteiger partial charge in [0.1, 0.15) is 5.15 Å². The quantitative estimate of drug-likeness (QED) is 0.658. The van der Waals surface area contributed by atoms with Crippen LogP contribution in [0.4, 0.5) is 0 Å². The fraction of sp³-hybridized carbons (Fsp3) is 0.154. The average molecular weight is 218 g/mol. The highest BCUT2D eigenvalue weighted by Crippen LogP contribution is 2.26. The number of halogens is 1. The first-order valence-corrected chi connectivity index (χ1v) is 5.25. The van der Waals surface area contributed by atoms with Crippen LogP contribution < -0.4 is 0 Å². The van der Waals surface area contributed by atoms with E-state index < -0.39 is 0 Å². The molecular weight excluding hydrogens is 206 g/mol. The molecule has 2 rings (SSSR count). The SMILES string of the molecule is Cc1nc(Cl)cc(-c2ccccc2)c1C. The van der Waals surface area contributed by atoms with Crippen LogP contribution in [0.5, 0.6) is 0 Å². The summed E-state index contributed by atoms with van der Waals surface area (Å²) < 4.78 is 0. The minimum absolute atomic E-state index is 0.553. The Hall–Kier alpha value is -1.34. The molecule has 1 aromatic carbocycles. The summed E-state index contributed by atoms with van der Waals surface area (Å²) in [6, 6.07) is 12.1. The molecule has 2 aromatic rings. The zero-order chi connectivity index (χ0) is 10.8. The average Bonchev–Trinajstić information content (AvgIpc) is 2.24. The smallest absolute Gasteiger partial charge is 0.129 e. The number of rotatable bonds is 1. The van der Waals surface area contributed by atoms with Gasteiger partial charge in [0.2, 0.25) is 0 Å². The molecule has 76 valence electrons. The minimum atomic E-state index is 0.553. The van der Waals surface area contributed by atoms with Gasteiger partial charge in [0, 0.05) is 5.69 Å². The van der Waals surface area contributed by atoms with Crippen LogP contribution in [0.3, 0.4) is 0 Å². The van der Waals surface area contributed by atoms with E-state index in [4.69, 9.17) is 11.6 Å². The summed E-state index contributed by atoms with van der Waals surface area (Å²) in [5, 5.41) is 0.553. The number of nitrogens with zero attached hydrogens (tertiary/aromatic N) is 1. The second-order valence-electron chi connectivity index (χ2n) is 3.57. The minimum Gasteiger partial charge on any atom is -0.241 e. The molecule has 1 nitrogen and oxygen atoms in total. The molecule has 0 aliphatic heterocycles. The third-order valence-electron chi connectivity index (χ3n) is 2.57. The van der Waals surface area contributed by atoms with Crippen molar-refractivity contribution < 1.29 is 0 Å². The molecule has 2 heteroatoms. The van der Waals surface area contributed by atoms with Crippen molar-refractivity contribution in [2.45, 2.75) is 13.8 Å². The topological polar surface area (TPSA) is 12.9 Å². The lowest BCUT2D eigenvalue weighted by molar-refractivity contribution is 1.15. The molecule has 0 amide bonds. The highest BCUT2D eigenvalue weighted by molar-refractivity contribution is 6.29. The largest absolute Gasteiger partial charge is 0.241 e. The first-order valence-electron chi connectivity index (χ1n) is 4.87. The molecule has 1 aromatic heterocycles. The normalized spacial score (nSPS) is 10.3. The van der Waals surface area contributed by atoms with Crippen LogP contribution in [0, 0.1) is 13.8 Å². The predicted octanol–water partition coefficient (Wildman–Crippen LogP) is 4.02. The number of pyridine rings is 1. The fourth-order valence-electron chi connectivity index (χ4n) is 1.62. The predicted molar refractivity (Wildman–Crippen MR) is 64.2 cm³/mol. The molecule has 0 bridgehead atoms. The Morgan fingerprint density at radius 3 is 2.40 bits per heavy atom. The molecule has 0 spiro atoms. The Balaban J connectivity index is 2.63. The summed E-state index contributed by atoms with van der Waals surface area (Å²) in [6.45, 7) is 4.05. The summed E-state index contributed by atoms with van der Waals surface area (Å²) in [5.41, 5.74) is 4.52. The van der Waals surface area contributed by atoms with Gasteiger partial charge >= 0.3 is 0 Å². The van der Waals surface area contributed by atoms with Gasteiger partial charge < -0.3 is 0 Å². The van der Waals surface area contributed by atoms with E-state index >= 15 is 0 Å². The number of hydrogen-bond donors (Lipinski definition) is 0. The molecular formula is C13H12ClN. The lowest BCUT2D eigenvalue weighted by Gasteiger charge is -2.08. The molecule has 0 fully saturated rings. The van der Waals surface area contributed by atoms with Crippen molar-refractivity contribution >= 4 is 11.6 Å². The molecule has 0 radical (unpaired) electrons. The number of aromatic nitrogens is 1. The molecule has 0 aliphatic carbocycles. The van der Waals surface area contributed by atoms with Crippen molar-refractivity contribution in [1.82, 2.24) is 4.98 Å². The first-order chi connectivity index (χ1) is 7.18. The Bertz CT molecular complexity index is 477. The summed E-state index contributed by atoms with van der Waals surface area (Å²) in [4.78, 5) is 4.22. The summed E-state index contributed by atoms with van der Waals surface area (Å²) >= 11 is 5.96. The first kappa shape index (κ1) is 10.2. The van der Waals surface area contributed by atoms with Gasteiger partial charge in [0.25, 0.3) is 0 Å². The Morgan fingerprint density at radius 2 is 1.73 bits per heavy atom. The molecule has 0 aliphatic rings. The summed E-state index contributed by atoms with van der Waals surface area (Å²) in [5.74, 6) is 0. The summed E-state index contributed by atoms with van der Waals surface area (Å²) in [7, 11) is 0. The maximum Gasteiger partial charge on any atom is 0.129 e. The molecule has 15 heavy (non-hydrogen) atoms. The zero-order valence-electron chi connectivity index (χ0n) is 8.79. The van der Waals surface area contributed by atoms with E-state index in [0.717, 1.165) is 11.3 Å². The van der Waals surface area contributed by atoms with Crippen molar-refractivity contribution in [3.8, 4) is 11.1 Å². The lowest BCUT2D eigenvalue weighted by Crippen LogP contribution is -1.91. The van der Waals surface area contributed by atoms with Gasteiger partial charge in [-0.1, -0.05) is 41.9 Å². The zero-order valence-corrected chi connectivity index (χ0v) is 9.55. The monoisotopic (exact) mass is 217 g/mol. The van der Waals surface area contributed by atoms with Gasteiger partial charge in [-0.2, -0.15) is 0 Å². The lowest BCUT2D eigenvalue weighted by atomic mass is 10.0. The van der Waals surface area contributed by atoms with Crippen LogP contribution in [0.2, 0.25) is 5.15 Å². The van der Waals surface area contributed by atoms with Gasteiger partial charge in [0.05, 0.1) is 0 Å². The third-order valence-corrected chi connectivity index (χ3v) is 2.76. The maximum atomic E-state index is 5.96. The van der Waals surface area contributed by atoms with E-state index in [1.165, 1.54) is 11.1 Å². The number of benzene rings is 1. The second kappa shape index (κ2) is 4.03. The Kier molecular flexibility index (Phi) is 2.74. The van der Waals surface area contributed by atoms with E-state index in [-0.39, 0.29) is 0 Å². The molecule has 1 heterocycles. The van der Waals surface area contributed by atoms with Gasteiger partial charge in [0.15, 0.2) is 0 Å². The van der Waals surface area contributed by atoms with Crippen molar-refractivity contribution in [1.29, 1.82) is 0 Å². The van der Waals surface area contributed by atoms with Crippen LogP contribution in [0.25, 0.3) is 11.1 Å². The second-order valence-corrected chi connectivity index (χ2v) is 3.96. The van der Waals surface area contributed by atoms with E-state index in [0.29, 0.717) is 5.15 Å². The number of hydrogen-bond acceptors (Lipinski definition) is 1. The number of aryl methyl sites for hydroxylation is 1. The molecule has 0 saturated heterocycles. The van der Waals surface area contributed by atoms with E-state index in [1.807, 2.05) is 31.2 Å². The Labute approximate surface area is 94.7 Å². The highest BCUT2D eigenvalue weighted by Gasteiger charge is 2.06. The van der Waals surface area contributed by atoms with Gasteiger partial charge in [-0.15, -0.1) is 0 Å². The molecule has 0 atom stereocenters. The molecule has 0 saturated carbocycles. The van der Waals surface area contributed by atoms with E-state index in [1.54, 1.807) is 0 Å². The summed E-state index contributed by atoms with van der Waals surface area (Å²) in [6.07, 6.45) is 0. The van der Waals surface area contributed by atoms with Crippen LogP contribution in [-0.4, -0.2) is 4.98 Å². The van der Waals surface area contributed by atoms with Crippen molar-refractivity contribution in [2.75, 3.05) is 0 Å². The van der Waals surface area contributed by atoms with Gasteiger partial charge in [-0.25, -0.2) is 4.98 Å². The van der Waals surface area contributed by atoms with E-state index in [9.17, 15) is 0 Å². The third kappa shape index (κ3) is 2.02. The van der Waals surface area contributed by atoms with Gasteiger partial charge in [-0.3, -0.25) is 0 Å². The van der Waals surface area contributed by atoms with Crippen LogP contribution in [-0.2, 0) is 0 Å². The van der Waals surface area contributed by atoms with Crippen molar-refractivity contribution in [3.05, 3.63) is 52.8 Å². The van der Waals surface area contributed by atoms with Crippen molar-refractivity contribution in [3.63, 3.8) is 0 Å². The van der Waals surface area contributed by atoms with Gasteiger partial charge in [-0.05, 0) is 36.6 Å². The van der Waals surface area contributed by atoms with Crippen molar-refractivity contribution in [2.24, 2.45) is 0 Å². The standard InChI is InChI=1S/C13H12ClN/c1-9-10(2)15-13(14)8-12(9)11-6-4-3-5-7-11/h3-8H,1-2H3. The Morgan fingerprint density at radius 1 is 1.07 bits per heavy atom. The maximum absolute atomic E-state index is 5.96. The van der Waals surface area contributed by atoms with Crippen LogP contribution >= 0.6 is 11.6 Å².